The summed E-state index contributed by atoms with van der Waals surface area (Å²) in [4.78, 5) is 19.1. The minimum absolute atomic E-state index is 0.190. The van der Waals surface area contributed by atoms with Crippen molar-refractivity contribution in [1.82, 2.24) is 9.97 Å². The van der Waals surface area contributed by atoms with Gasteiger partial charge in [-0.1, -0.05) is 12.1 Å². The molecule has 0 saturated heterocycles. The number of aromatic amines is 1. The van der Waals surface area contributed by atoms with Crippen LogP contribution in [0.4, 0.5) is 22.1 Å². The number of anilines is 3. The third-order valence-electron chi connectivity index (χ3n) is 3.66. The van der Waals surface area contributed by atoms with Crippen molar-refractivity contribution in [3.05, 3.63) is 48.7 Å². The molecule has 8 nitrogen and oxygen atoms in total. The summed E-state index contributed by atoms with van der Waals surface area (Å²) in [5, 5.41) is 5.55. The highest BCUT2D eigenvalue weighted by atomic mass is 16.7. The summed E-state index contributed by atoms with van der Waals surface area (Å²) in [6.45, 7) is 0.190. The van der Waals surface area contributed by atoms with Crippen LogP contribution in [0, 0.1) is 0 Å². The summed E-state index contributed by atoms with van der Waals surface area (Å²) < 4.78 is 10.5. The van der Waals surface area contributed by atoms with E-state index in [1.165, 1.54) is 0 Å². The maximum Gasteiger partial charge on any atom is 0.323 e. The first kappa shape index (κ1) is 14.9. The molecule has 0 unspecified atom stereocenters. The number of aromatic nitrogens is 2. The Morgan fingerprint density at radius 3 is 2.68 bits per heavy atom. The van der Waals surface area contributed by atoms with Gasteiger partial charge in [-0.05, 0) is 24.3 Å². The number of urea groups is 1. The lowest BCUT2D eigenvalue weighted by molar-refractivity contribution is 0.174. The minimum atomic E-state index is -0.361. The zero-order chi connectivity index (χ0) is 17.2. The second kappa shape index (κ2) is 6.08. The highest BCUT2D eigenvalue weighted by molar-refractivity contribution is 6.00. The van der Waals surface area contributed by atoms with Crippen molar-refractivity contribution in [2.45, 2.75) is 0 Å². The lowest BCUT2D eigenvalue weighted by Gasteiger charge is -2.09. The van der Waals surface area contributed by atoms with Gasteiger partial charge in [0.05, 0.1) is 11.9 Å². The summed E-state index contributed by atoms with van der Waals surface area (Å²) >= 11 is 0. The molecule has 2 heterocycles. The topological polar surface area (TPSA) is 114 Å². The maximum absolute atomic E-state index is 12.2. The van der Waals surface area contributed by atoms with E-state index < -0.39 is 0 Å². The van der Waals surface area contributed by atoms with Crippen LogP contribution in [0.2, 0.25) is 0 Å². The number of imidazole rings is 1. The first-order valence-electron chi connectivity index (χ1n) is 7.56. The number of ether oxygens (including phenoxy) is 2. The third-order valence-corrected chi connectivity index (χ3v) is 3.66. The second-order valence-electron chi connectivity index (χ2n) is 5.41. The molecule has 0 spiro atoms. The molecule has 5 N–H and O–H groups in total. The number of benzene rings is 2. The van der Waals surface area contributed by atoms with Crippen molar-refractivity contribution in [2.24, 2.45) is 0 Å². The van der Waals surface area contributed by atoms with Crippen LogP contribution in [-0.2, 0) is 0 Å². The van der Waals surface area contributed by atoms with Crippen LogP contribution in [-0.4, -0.2) is 22.8 Å². The predicted molar refractivity (Wildman–Crippen MR) is 93.6 cm³/mol. The Balaban J connectivity index is 1.46. The zero-order valence-electron chi connectivity index (χ0n) is 13.1. The normalized spacial score (nSPS) is 12.0. The Hall–Kier alpha value is -3.68. The number of hydrogen-bond donors (Lipinski definition) is 4. The van der Waals surface area contributed by atoms with Gasteiger partial charge in [0.1, 0.15) is 0 Å². The standard InChI is InChI=1S/C17H15N5O3/c18-16-19-8-13(22-16)10-2-1-3-11(6-10)20-17(23)21-12-4-5-14-15(7-12)25-9-24-14/h1-8H,9H2,(H3,18,19,22)(H2,20,21,23). The number of H-pyrrole nitrogens is 1. The van der Waals surface area contributed by atoms with Crippen molar-refractivity contribution in [1.29, 1.82) is 0 Å². The van der Waals surface area contributed by atoms with E-state index in [1.807, 2.05) is 18.2 Å². The van der Waals surface area contributed by atoms with E-state index in [9.17, 15) is 4.79 Å². The molecule has 3 aromatic rings. The van der Waals surface area contributed by atoms with E-state index in [0.29, 0.717) is 28.8 Å². The largest absolute Gasteiger partial charge is 0.454 e. The molecule has 8 heteroatoms. The van der Waals surface area contributed by atoms with E-state index in [-0.39, 0.29) is 12.8 Å². The molecule has 25 heavy (non-hydrogen) atoms. The van der Waals surface area contributed by atoms with Gasteiger partial charge in [-0.2, -0.15) is 0 Å². The molecule has 0 bridgehead atoms. The molecule has 0 saturated carbocycles. The molecule has 1 aliphatic heterocycles. The Kier molecular flexibility index (Phi) is 3.62. The van der Waals surface area contributed by atoms with Crippen LogP contribution in [0.3, 0.4) is 0 Å². The number of nitrogens with zero attached hydrogens (tertiary/aromatic N) is 1. The molecule has 1 aliphatic rings. The fourth-order valence-electron chi connectivity index (χ4n) is 2.52. The summed E-state index contributed by atoms with van der Waals surface area (Å²) in [5.74, 6) is 1.61. The second-order valence-corrected chi connectivity index (χ2v) is 5.41. The molecule has 4 rings (SSSR count). The number of carbonyl (C=O) groups excluding carboxylic acids is 1. The molecule has 126 valence electrons. The monoisotopic (exact) mass is 337 g/mol. The van der Waals surface area contributed by atoms with E-state index in [2.05, 4.69) is 20.6 Å². The summed E-state index contributed by atoms with van der Waals surface area (Å²) in [6, 6.07) is 12.2. The number of nitrogen functional groups attached to an aromatic ring is 1. The van der Waals surface area contributed by atoms with Crippen molar-refractivity contribution in [3.8, 4) is 22.8 Å². The average molecular weight is 337 g/mol. The predicted octanol–water partition coefficient (Wildman–Crippen LogP) is 3.03. The fourth-order valence-corrected chi connectivity index (χ4v) is 2.52. The van der Waals surface area contributed by atoms with Crippen LogP contribution < -0.4 is 25.8 Å². The van der Waals surface area contributed by atoms with Gasteiger partial charge in [0.25, 0.3) is 0 Å². The maximum atomic E-state index is 12.2. The van der Waals surface area contributed by atoms with Crippen LogP contribution in [0.25, 0.3) is 11.3 Å². The van der Waals surface area contributed by atoms with Crippen molar-refractivity contribution < 1.29 is 14.3 Å². The molecule has 2 amide bonds. The lowest BCUT2D eigenvalue weighted by atomic mass is 10.1. The Morgan fingerprint density at radius 1 is 1.08 bits per heavy atom. The molecular weight excluding hydrogens is 322 g/mol. The Morgan fingerprint density at radius 2 is 1.88 bits per heavy atom. The quantitative estimate of drug-likeness (QED) is 0.586. The van der Waals surface area contributed by atoms with E-state index in [4.69, 9.17) is 15.2 Å². The van der Waals surface area contributed by atoms with Gasteiger partial charge in [0.2, 0.25) is 6.79 Å². The first-order chi connectivity index (χ1) is 12.2. The SMILES string of the molecule is Nc1ncc(-c2cccc(NC(=O)Nc3ccc4c(c3)OCO4)c2)[nH]1. The van der Waals surface area contributed by atoms with Crippen molar-refractivity contribution >= 4 is 23.4 Å². The highest BCUT2D eigenvalue weighted by Crippen LogP contribution is 2.34. The number of carbonyl (C=O) groups is 1. The van der Waals surface area contributed by atoms with Crippen LogP contribution in [0.15, 0.2) is 48.7 Å². The minimum Gasteiger partial charge on any atom is -0.454 e. The van der Waals surface area contributed by atoms with Gasteiger partial charge in [0.15, 0.2) is 17.4 Å². The van der Waals surface area contributed by atoms with E-state index in [1.54, 1.807) is 30.5 Å². The number of nitrogens with one attached hydrogen (secondary N) is 3. The van der Waals surface area contributed by atoms with Crippen molar-refractivity contribution in [2.75, 3.05) is 23.2 Å². The summed E-state index contributed by atoms with van der Waals surface area (Å²) in [7, 11) is 0. The molecule has 2 aromatic carbocycles. The highest BCUT2D eigenvalue weighted by Gasteiger charge is 2.14. The molecule has 0 fully saturated rings. The molecule has 0 atom stereocenters. The zero-order valence-corrected chi connectivity index (χ0v) is 13.1. The number of fused-ring (bicyclic) bond motifs is 1. The van der Waals surface area contributed by atoms with Crippen LogP contribution in [0.5, 0.6) is 11.5 Å². The van der Waals surface area contributed by atoms with Gasteiger partial charge >= 0.3 is 6.03 Å². The van der Waals surface area contributed by atoms with Gasteiger partial charge in [-0.3, -0.25) is 0 Å². The van der Waals surface area contributed by atoms with Crippen LogP contribution >= 0.6 is 0 Å². The average Bonchev–Trinajstić information content (AvgIpc) is 3.23. The number of hydrogen-bond acceptors (Lipinski definition) is 5. The fraction of sp³-hybridized carbons (Fsp3) is 0.0588. The Labute approximate surface area is 143 Å². The van der Waals surface area contributed by atoms with Crippen molar-refractivity contribution in [3.63, 3.8) is 0 Å². The molecular formula is C17H15N5O3. The van der Waals surface area contributed by atoms with Gasteiger partial charge in [-0.25, -0.2) is 9.78 Å². The molecule has 0 aliphatic carbocycles. The Bertz CT molecular complexity index is 938. The van der Waals surface area contributed by atoms with Crippen LogP contribution in [0.1, 0.15) is 0 Å². The van der Waals surface area contributed by atoms with Gasteiger partial charge in [0, 0.05) is 23.0 Å². The lowest BCUT2D eigenvalue weighted by Crippen LogP contribution is -2.19. The third kappa shape index (κ3) is 3.18. The van der Waals surface area contributed by atoms with E-state index >= 15 is 0 Å². The number of amides is 2. The number of rotatable bonds is 3. The van der Waals surface area contributed by atoms with E-state index in [0.717, 1.165) is 11.3 Å². The number of nitrogens with two attached hydrogens (primary N) is 1. The van der Waals surface area contributed by atoms with Gasteiger partial charge in [-0.15, -0.1) is 0 Å². The summed E-state index contributed by atoms with van der Waals surface area (Å²) in [6.07, 6.45) is 1.64. The van der Waals surface area contributed by atoms with Gasteiger partial charge < -0.3 is 30.8 Å². The molecule has 0 radical (unpaired) electrons. The molecule has 1 aromatic heterocycles. The smallest absolute Gasteiger partial charge is 0.323 e. The summed E-state index contributed by atoms with van der Waals surface area (Å²) in [5.41, 5.74) is 8.49. The first-order valence-corrected chi connectivity index (χ1v) is 7.56.